The van der Waals surface area contributed by atoms with Crippen molar-refractivity contribution in [2.45, 2.75) is 13.0 Å². The molecule has 98 valence electrons. The number of anilines is 1. The van der Waals surface area contributed by atoms with Crippen LogP contribution in [0.15, 0.2) is 16.6 Å². The standard InChI is InChI=1S/C12H16BrN3O2/c1-7-9(13)3-4-11(15-7)16-12(17)8-5-18-6-10(8)14-2/h3-4,8,10,14H,5-6H2,1-2H3,(H,15,16,17). The second kappa shape index (κ2) is 5.77. The molecule has 6 heteroatoms. The average Bonchev–Trinajstić information content (AvgIpc) is 2.82. The molecule has 0 aliphatic carbocycles. The van der Waals surface area contributed by atoms with Gasteiger partial charge in [0.05, 0.1) is 24.8 Å². The highest BCUT2D eigenvalue weighted by Crippen LogP contribution is 2.19. The lowest BCUT2D eigenvalue weighted by molar-refractivity contribution is -0.120. The summed E-state index contributed by atoms with van der Waals surface area (Å²) in [4.78, 5) is 16.4. The first-order valence-electron chi connectivity index (χ1n) is 5.81. The Bertz CT molecular complexity index is 453. The number of carbonyl (C=O) groups excluding carboxylic acids is 1. The first kappa shape index (κ1) is 13.5. The van der Waals surface area contributed by atoms with E-state index in [1.807, 2.05) is 20.0 Å². The van der Waals surface area contributed by atoms with Crippen molar-refractivity contribution in [1.82, 2.24) is 10.3 Å². The molecule has 1 aliphatic heterocycles. The molecule has 0 spiro atoms. The fourth-order valence-corrected chi connectivity index (χ4v) is 2.15. The number of amides is 1. The van der Waals surface area contributed by atoms with E-state index in [4.69, 9.17) is 4.74 Å². The molecule has 2 heterocycles. The number of carbonyl (C=O) groups is 1. The summed E-state index contributed by atoms with van der Waals surface area (Å²) in [5.41, 5.74) is 0.848. The van der Waals surface area contributed by atoms with Crippen LogP contribution in [0.4, 0.5) is 5.82 Å². The van der Waals surface area contributed by atoms with Crippen molar-refractivity contribution in [3.8, 4) is 0 Å². The van der Waals surface area contributed by atoms with Crippen LogP contribution in [0.5, 0.6) is 0 Å². The predicted molar refractivity (Wildman–Crippen MR) is 72.5 cm³/mol. The maximum absolute atomic E-state index is 12.1. The number of likely N-dealkylation sites (N-methyl/N-ethyl adjacent to an activating group) is 1. The van der Waals surface area contributed by atoms with Gasteiger partial charge in [-0.25, -0.2) is 4.98 Å². The van der Waals surface area contributed by atoms with E-state index in [0.717, 1.165) is 10.2 Å². The van der Waals surface area contributed by atoms with Crippen molar-refractivity contribution in [3.63, 3.8) is 0 Å². The smallest absolute Gasteiger partial charge is 0.232 e. The minimum atomic E-state index is -0.166. The van der Waals surface area contributed by atoms with E-state index in [1.165, 1.54) is 0 Å². The quantitative estimate of drug-likeness (QED) is 0.883. The maximum Gasteiger partial charge on any atom is 0.232 e. The van der Waals surface area contributed by atoms with Crippen LogP contribution >= 0.6 is 15.9 Å². The van der Waals surface area contributed by atoms with E-state index in [1.54, 1.807) is 6.07 Å². The summed E-state index contributed by atoms with van der Waals surface area (Å²) in [6.45, 7) is 2.91. The highest BCUT2D eigenvalue weighted by Gasteiger charge is 2.33. The van der Waals surface area contributed by atoms with Crippen LogP contribution in [0.2, 0.25) is 0 Å². The molecule has 2 rings (SSSR count). The molecule has 0 saturated carbocycles. The summed E-state index contributed by atoms with van der Waals surface area (Å²) in [7, 11) is 1.83. The van der Waals surface area contributed by atoms with E-state index in [9.17, 15) is 4.79 Å². The molecule has 2 unspecified atom stereocenters. The summed E-state index contributed by atoms with van der Waals surface area (Å²) in [6, 6.07) is 3.72. The zero-order chi connectivity index (χ0) is 13.1. The maximum atomic E-state index is 12.1. The number of nitrogens with zero attached hydrogens (tertiary/aromatic N) is 1. The van der Waals surface area contributed by atoms with E-state index in [-0.39, 0.29) is 17.9 Å². The third kappa shape index (κ3) is 2.88. The Labute approximate surface area is 114 Å². The van der Waals surface area contributed by atoms with E-state index < -0.39 is 0 Å². The third-order valence-corrected chi connectivity index (χ3v) is 3.90. The first-order chi connectivity index (χ1) is 8.61. The number of aromatic nitrogens is 1. The molecule has 1 aromatic rings. The topological polar surface area (TPSA) is 63.2 Å². The molecule has 18 heavy (non-hydrogen) atoms. The van der Waals surface area contributed by atoms with E-state index >= 15 is 0 Å². The predicted octanol–water partition coefficient (Wildman–Crippen LogP) is 1.33. The molecule has 5 nitrogen and oxygen atoms in total. The zero-order valence-electron chi connectivity index (χ0n) is 10.4. The second-order valence-corrected chi connectivity index (χ2v) is 5.15. The Balaban J connectivity index is 2.04. The monoisotopic (exact) mass is 313 g/mol. The van der Waals surface area contributed by atoms with Gasteiger partial charge in [-0.1, -0.05) is 0 Å². The van der Waals surface area contributed by atoms with Crippen molar-refractivity contribution in [2.75, 3.05) is 25.6 Å². The lowest BCUT2D eigenvalue weighted by Crippen LogP contribution is -2.39. The van der Waals surface area contributed by atoms with Gasteiger partial charge in [0.25, 0.3) is 0 Å². The van der Waals surface area contributed by atoms with Gasteiger partial charge in [0.1, 0.15) is 5.82 Å². The number of pyridine rings is 1. The van der Waals surface area contributed by atoms with Crippen LogP contribution in [-0.2, 0) is 9.53 Å². The van der Waals surface area contributed by atoms with Crippen molar-refractivity contribution < 1.29 is 9.53 Å². The van der Waals surface area contributed by atoms with Gasteiger partial charge in [-0.2, -0.15) is 0 Å². The second-order valence-electron chi connectivity index (χ2n) is 4.29. The lowest BCUT2D eigenvalue weighted by atomic mass is 10.0. The van der Waals surface area contributed by atoms with Gasteiger partial charge in [0.2, 0.25) is 5.91 Å². The Kier molecular flexibility index (Phi) is 4.31. The molecule has 1 aromatic heterocycles. The first-order valence-corrected chi connectivity index (χ1v) is 6.60. The molecular formula is C12H16BrN3O2. The molecular weight excluding hydrogens is 298 g/mol. The molecule has 0 radical (unpaired) electrons. The summed E-state index contributed by atoms with van der Waals surface area (Å²) < 4.78 is 6.24. The number of ether oxygens (including phenoxy) is 1. The Hall–Kier alpha value is -0.980. The molecule has 1 saturated heterocycles. The number of hydrogen-bond acceptors (Lipinski definition) is 4. The molecule has 1 fully saturated rings. The average molecular weight is 314 g/mol. The normalized spacial score (nSPS) is 23.1. The highest BCUT2D eigenvalue weighted by molar-refractivity contribution is 9.10. The highest BCUT2D eigenvalue weighted by atomic mass is 79.9. The van der Waals surface area contributed by atoms with Gasteiger partial charge in [-0.05, 0) is 42.0 Å². The number of rotatable bonds is 3. The lowest BCUT2D eigenvalue weighted by Gasteiger charge is -2.16. The summed E-state index contributed by atoms with van der Waals surface area (Å²) in [5.74, 6) is 0.351. The number of halogens is 1. The number of nitrogens with one attached hydrogen (secondary N) is 2. The molecule has 2 atom stereocenters. The molecule has 0 aromatic carbocycles. The van der Waals surface area contributed by atoms with Gasteiger partial charge < -0.3 is 15.4 Å². The Morgan fingerprint density at radius 1 is 1.50 bits per heavy atom. The van der Waals surface area contributed by atoms with Gasteiger partial charge in [-0.15, -0.1) is 0 Å². The van der Waals surface area contributed by atoms with Gasteiger partial charge in [-0.3, -0.25) is 4.79 Å². The van der Waals surface area contributed by atoms with Crippen molar-refractivity contribution in [3.05, 3.63) is 22.3 Å². The van der Waals surface area contributed by atoms with Gasteiger partial charge in [0.15, 0.2) is 0 Å². The molecule has 1 amide bonds. The van der Waals surface area contributed by atoms with Crippen LogP contribution in [0.25, 0.3) is 0 Å². The largest absolute Gasteiger partial charge is 0.379 e. The SMILES string of the molecule is CNC1COCC1C(=O)Nc1ccc(Br)c(C)n1. The number of hydrogen-bond donors (Lipinski definition) is 2. The fourth-order valence-electron chi connectivity index (χ4n) is 1.93. The third-order valence-electron chi connectivity index (χ3n) is 3.06. The van der Waals surface area contributed by atoms with Crippen LogP contribution in [0.3, 0.4) is 0 Å². The van der Waals surface area contributed by atoms with Crippen LogP contribution in [0.1, 0.15) is 5.69 Å². The summed E-state index contributed by atoms with van der Waals surface area (Å²) in [5, 5.41) is 5.91. The van der Waals surface area contributed by atoms with Crippen LogP contribution in [-0.4, -0.2) is 37.2 Å². The minimum absolute atomic E-state index is 0.0546. The Morgan fingerprint density at radius 3 is 2.94 bits per heavy atom. The zero-order valence-corrected chi connectivity index (χ0v) is 12.0. The van der Waals surface area contributed by atoms with E-state index in [0.29, 0.717) is 19.0 Å². The summed E-state index contributed by atoms with van der Waals surface area (Å²) in [6.07, 6.45) is 0. The Morgan fingerprint density at radius 2 is 2.28 bits per heavy atom. The fraction of sp³-hybridized carbons (Fsp3) is 0.500. The van der Waals surface area contributed by atoms with Crippen molar-refractivity contribution >= 4 is 27.7 Å². The summed E-state index contributed by atoms with van der Waals surface area (Å²) >= 11 is 3.38. The minimum Gasteiger partial charge on any atom is -0.379 e. The van der Waals surface area contributed by atoms with E-state index in [2.05, 4.69) is 31.5 Å². The molecule has 1 aliphatic rings. The van der Waals surface area contributed by atoms with Crippen LogP contribution in [0, 0.1) is 12.8 Å². The molecule has 2 N–H and O–H groups in total. The number of aryl methyl sites for hydroxylation is 1. The molecule has 0 bridgehead atoms. The van der Waals surface area contributed by atoms with Crippen LogP contribution < -0.4 is 10.6 Å². The van der Waals surface area contributed by atoms with Gasteiger partial charge >= 0.3 is 0 Å². The van der Waals surface area contributed by atoms with Crippen molar-refractivity contribution in [1.29, 1.82) is 0 Å². The van der Waals surface area contributed by atoms with Gasteiger partial charge in [0, 0.05) is 10.5 Å². The van der Waals surface area contributed by atoms with Crippen molar-refractivity contribution in [2.24, 2.45) is 5.92 Å².